The Morgan fingerprint density at radius 3 is 1.22 bits per heavy atom. The summed E-state index contributed by atoms with van der Waals surface area (Å²) in [6.07, 6.45) is 3.66. The third kappa shape index (κ3) is 11.3. The van der Waals surface area contributed by atoms with Crippen LogP contribution < -0.4 is 9.47 Å². The molecule has 8 rings (SSSR count). The van der Waals surface area contributed by atoms with Gasteiger partial charge in [0.05, 0.1) is 22.1 Å². The summed E-state index contributed by atoms with van der Waals surface area (Å²) in [5.41, 5.74) is 4.96. The van der Waals surface area contributed by atoms with Gasteiger partial charge < -0.3 is 9.47 Å². The third-order valence-corrected chi connectivity index (χ3v) is 12.7. The molecule has 0 N–H and O–H groups in total. The Morgan fingerprint density at radius 1 is 0.547 bits per heavy atom. The summed E-state index contributed by atoms with van der Waals surface area (Å²) in [5.74, 6) is -0.239. The van der Waals surface area contributed by atoms with Gasteiger partial charge in [0.2, 0.25) is 11.8 Å². The van der Waals surface area contributed by atoms with E-state index in [2.05, 4.69) is 9.80 Å². The summed E-state index contributed by atoms with van der Waals surface area (Å²) in [7, 11) is 0. The van der Waals surface area contributed by atoms with Crippen molar-refractivity contribution in [2.75, 3.05) is 26.2 Å². The van der Waals surface area contributed by atoms with Crippen LogP contribution in [0.25, 0.3) is 22.1 Å². The summed E-state index contributed by atoms with van der Waals surface area (Å²) in [5, 5.41) is 0. The predicted octanol–water partition coefficient (Wildman–Crippen LogP) is 10.6. The lowest BCUT2D eigenvalue weighted by atomic mass is 9.69. The third-order valence-electron chi connectivity index (χ3n) is 12.7. The van der Waals surface area contributed by atoms with E-state index in [0.29, 0.717) is 48.8 Å². The fraction of sp³-hybridized carbons (Fsp3) is 0.453. The lowest BCUT2D eigenvalue weighted by Crippen LogP contribution is -2.44. The Morgan fingerprint density at radius 2 is 0.875 bits per heavy atom. The van der Waals surface area contributed by atoms with Crippen molar-refractivity contribution in [3.8, 4) is 11.8 Å². The first kappa shape index (κ1) is 45.2. The van der Waals surface area contributed by atoms with E-state index in [0.717, 1.165) is 85.3 Å². The Labute approximate surface area is 376 Å². The topological polar surface area (TPSA) is 93.6 Å². The van der Waals surface area contributed by atoms with Crippen molar-refractivity contribution in [1.29, 1.82) is 0 Å². The van der Waals surface area contributed by atoms with Crippen LogP contribution in [0.4, 0.5) is 8.78 Å². The molecule has 9 nitrogen and oxygen atoms in total. The number of para-hydroxylation sites is 4. The zero-order valence-electron chi connectivity index (χ0n) is 38.2. The van der Waals surface area contributed by atoms with E-state index in [1.165, 1.54) is 12.1 Å². The van der Waals surface area contributed by atoms with Gasteiger partial charge in [-0.1, -0.05) is 60.7 Å². The standard InChI is InChI=1S/C53H62F2N6O3/c1-52(2,3)63-50-47(56-43-19-11-13-21-45(43)58-50)33-60-27-23-35(24-28-60)39(31-37-15-7-9-17-41(37)54)49(62)40(32-38-16-8-10-18-42(38)55)36-25-29-61(30-26-36)34-48-51(64-53(4,5)6)59-46-22-14-12-20-44(46)57-48/h7-22,35-36,39-40H,23-34H2,1-6H3. The monoisotopic (exact) mass is 868 g/mol. The molecule has 4 aromatic carbocycles. The van der Waals surface area contributed by atoms with Gasteiger partial charge in [-0.3, -0.25) is 14.6 Å². The molecule has 0 aliphatic carbocycles. The average molecular weight is 869 g/mol. The van der Waals surface area contributed by atoms with Gasteiger partial charge in [-0.15, -0.1) is 0 Å². The lowest BCUT2D eigenvalue weighted by Gasteiger charge is -2.40. The van der Waals surface area contributed by atoms with E-state index < -0.39 is 23.0 Å². The van der Waals surface area contributed by atoms with Crippen molar-refractivity contribution in [2.24, 2.45) is 23.7 Å². The molecular weight excluding hydrogens is 807 g/mol. The SMILES string of the molecule is CC(C)(C)Oc1nc2ccccc2nc1CN1CCC(C(Cc2ccccc2F)C(=O)C(Cc2ccccc2F)C2CCN(Cc3nc4ccccc4nc3OC(C)(C)C)CC2)CC1. The molecule has 64 heavy (non-hydrogen) atoms. The van der Waals surface area contributed by atoms with Crippen LogP contribution in [0.2, 0.25) is 0 Å². The van der Waals surface area contributed by atoms with E-state index in [-0.39, 0.29) is 29.3 Å². The minimum absolute atomic E-state index is 0.0206. The van der Waals surface area contributed by atoms with Gasteiger partial charge in [0, 0.05) is 24.9 Å². The highest BCUT2D eigenvalue weighted by Gasteiger charge is 2.40. The summed E-state index contributed by atoms with van der Waals surface area (Å²) in [6.45, 7) is 16.1. The number of halogens is 2. The molecule has 2 fully saturated rings. The van der Waals surface area contributed by atoms with Crippen molar-refractivity contribution in [2.45, 2.75) is 104 Å². The molecule has 0 bridgehead atoms. The zero-order chi connectivity index (χ0) is 45.0. The number of hydrogen-bond donors (Lipinski definition) is 0. The Balaban J connectivity index is 1.03. The van der Waals surface area contributed by atoms with Crippen molar-refractivity contribution in [3.63, 3.8) is 0 Å². The highest BCUT2D eigenvalue weighted by molar-refractivity contribution is 5.85. The number of piperidine rings is 2. The molecule has 11 heteroatoms. The molecule has 336 valence electrons. The van der Waals surface area contributed by atoms with Gasteiger partial charge in [-0.25, -0.2) is 28.7 Å². The van der Waals surface area contributed by atoms with Crippen LogP contribution in [0, 0.1) is 35.3 Å². The van der Waals surface area contributed by atoms with Crippen LogP contribution in [-0.2, 0) is 30.7 Å². The lowest BCUT2D eigenvalue weighted by molar-refractivity contribution is -0.131. The summed E-state index contributed by atoms with van der Waals surface area (Å²) in [4.78, 5) is 40.0. The number of carbonyl (C=O) groups excluding carboxylic acids is 1. The minimum Gasteiger partial charge on any atom is -0.471 e. The van der Waals surface area contributed by atoms with Gasteiger partial charge in [-0.2, -0.15) is 0 Å². The van der Waals surface area contributed by atoms with Crippen molar-refractivity contribution in [3.05, 3.63) is 131 Å². The molecule has 2 aliphatic heterocycles. The molecule has 0 amide bonds. The zero-order valence-corrected chi connectivity index (χ0v) is 38.2. The number of aromatic nitrogens is 4. The van der Waals surface area contributed by atoms with Gasteiger partial charge in [0.1, 0.15) is 40.0 Å². The molecule has 6 aromatic rings. The largest absolute Gasteiger partial charge is 0.471 e. The summed E-state index contributed by atoms with van der Waals surface area (Å²) >= 11 is 0. The van der Waals surface area contributed by atoms with Crippen molar-refractivity contribution >= 4 is 27.9 Å². The maximum Gasteiger partial charge on any atom is 0.238 e. The maximum absolute atomic E-state index is 15.5. The van der Waals surface area contributed by atoms with E-state index in [4.69, 9.17) is 29.4 Å². The van der Waals surface area contributed by atoms with Gasteiger partial charge >= 0.3 is 0 Å². The highest BCUT2D eigenvalue weighted by atomic mass is 19.1. The minimum atomic E-state index is -0.453. The van der Waals surface area contributed by atoms with Crippen LogP contribution in [0.3, 0.4) is 0 Å². The van der Waals surface area contributed by atoms with Gasteiger partial charge in [-0.05, 0) is 166 Å². The second kappa shape index (κ2) is 19.4. The van der Waals surface area contributed by atoms with E-state index >= 15 is 13.6 Å². The quantitative estimate of drug-likeness (QED) is 0.106. The van der Waals surface area contributed by atoms with Crippen molar-refractivity contribution < 1.29 is 23.0 Å². The molecular formula is C53H62F2N6O3. The maximum atomic E-state index is 15.5. The number of benzene rings is 4. The molecule has 4 heterocycles. The molecule has 0 spiro atoms. The number of ketones is 1. The number of ether oxygens (including phenoxy) is 2. The normalized spacial score (nSPS) is 17.1. The fourth-order valence-corrected chi connectivity index (χ4v) is 9.52. The highest BCUT2D eigenvalue weighted by Crippen LogP contribution is 2.38. The number of carbonyl (C=O) groups is 1. The molecule has 0 radical (unpaired) electrons. The molecule has 2 aliphatic rings. The first-order chi connectivity index (χ1) is 30.7. The first-order valence-electron chi connectivity index (χ1n) is 23.0. The molecule has 2 unspecified atom stereocenters. The first-order valence-corrected chi connectivity index (χ1v) is 23.0. The van der Waals surface area contributed by atoms with Crippen LogP contribution >= 0.6 is 0 Å². The smallest absolute Gasteiger partial charge is 0.238 e. The van der Waals surface area contributed by atoms with E-state index in [1.807, 2.05) is 102 Å². The van der Waals surface area contributed by atoms with Crippen LogP contribution in [0.1, 0.15) is 89.7 Å². The molecule has 2 atom stereocenters. The van der Waals surface area contributed by atoms with Crippen LogP contribution in [0.5, 0.6) is 11.8 Å². The molecule has 2 aromatic heterocycles. The number of Topliss-reactive ketones (excluding diaryl/α,β-unsaturated/α-hetero) is 1. The summed E-state index contributed by atoms with van der Waals surface area (Å²) in [6, 6.07) is 29.3. The van der Waals surface area contributed by atoms with Gasteiger partial charge in [0.15, 0.2) is 0 Å². The van der Waals surface area contributed by atoms with E-state index in [9.17, 15) is 0 Å². The van der Waals surface area contributed by atoms with Gasteiger partial charge in [0.25, 0.3) is 0 Å². The molecule has 2 saturated heterocycles. The Kier molecular flexibility index (Phi) is 13.7. The Bertz CT molecular complexity index is 2380. The van der Waals surface area contributed by atoms with E-state index in [1.54, 1.807) is 24.3 Å². The second-order valence-corrected chi connectivity index (χ2v) is 19.8. The number of hydrogen-bond acceptors (Lipinski definition) is 9. The Hall–Kier alpha value is -5.39. The summed E-state index contributed by atoms with van der Waals surface area (Å²) < 4.78 is 43.7. The number of fused-ring (bicyclic) bond motifs is 2. The molecule has 0 saturated carbocycles. The fourth-order valence-electron chi connectivity index (χ4n) is 9.52. The predicted molar refractivity (Wildman–Crippen MR) is 248 cm³/mol. The van der Waals surface area contributed by atoms with Crippen LogP contribution in [-0.4, -0.2) is 72.9 Å². The number of likely N-dealkylation sites (tertiary alicyclic amines) is 2. The van der Waals surface area contributed by atoms with Crippen molar-refractivity contribution in [1.82, 2.24) is 29.7 Å². The number of rotatable bonds is 14. The second-order valence-electron chi connectivity index (χ2n) is 19.8. The average Bonchev–Trinajstić information content (AvgIpc) is 3.26. The number of nitrogens with zero attached hydrogens (tertiary/aromatic N) is 6. The van der Waals surface area contributed by atoms with Crippen LogP contribution in [0.15, 0.2) is 97.1 Å².